The van der Waals surface area contributed by atoms with Crippen molar-refractivity contribution in [1.82, 2.24) is 0 Å². The molecule has 6 saturated heterocycles. The van der Waals surface area contributed by atoms with Crippen molar-refractivity contribution >= 4 is 11.8 Å². The van der Waals surface area contributed by atoms with Crippen LogP contribution < -0.4 is 0 Å². The molecule has 0 radical (unpaired) electrons. The molecule has 19 N–H and O–H groups in total. The van der Waals surface area contributed by atoms with Crippen molar-refractivity contribution in [3.8, 4) is 0 Å². The van der Waals surface area contributed by atoms with E-state index in [0.717, 1.165) is 11.8 Å². The lowest BCUT2D eigenvalue weighted by Crippen LogP contribution is -2.63. The summed E-state index contributed by atoms with van der Waals surface area (Å²) in [4.78, 5) is 0. The van der Waals surface area contributed by atoms with Gasteiger partial charge < -0.3 is 149 Å². The van der Waals surface area contributed by atoms with E-state index in [2.05, 4.69) is 0 Å². The molecule has 0 bridgehead atoms. The summed E-state index contributed by atoms with van der Waals surface area (Å²) in [6.45, 7) is -2.51. The van der Waals surface area contributed by atoms with E-state index < -0.39 is 223 Å². The highest BCUT2D eigenvalue weighted by Gasteiger charge is 2.52. The predicted octanol–water partition coefficient (Wildman–Crippen LogP) is -12.3. The zero-order valence-corrected chi connectivity index (χ0v) is 37.5. The molecule has 6 aliphatic heterocycles. The van der Waals surface area contributed by atoms with E-state index >= 15 is 0 Å². The number of aliphatic hydroxyl groups is 19. The third kappa shape index (κ3) is 12.8. The molecular formula is C38H66O30S. The van der Waals surface area contributed by atoms with Crippen LogP contribution in [-0.4, -0.2) is 326 Å². The molecule has 0 aromatic carbocycles. The second kappa shape index (κ2) is 25.1. The van der Waals surface area contributed by atoms with Crippen molar-refractivity contribution in [3.05, 3.63) is 0 Å². The van der Waals surface area contributed by atoms with Gasteiger partial charge in [-0.1, -0.05) is 6.92 Å². The maximum absolute atomic E-state index is 10.8. The fourth-order valence-electron chi connectivity index (χ4n) is 8.28. The molecule has 0 aromatic heterocycles. The summed E-state index contributed by atoms with van der Waals surface area (Å²) < 4.78 is 60.9. The smallest absolute Gasteiger partial charge is 0.186 e. The second-order valence-corrected chi connectivity index (χ2v) is 18.8. The Morgan fingerprint density at radius 2 is 0.507 bits per heavy atom. The lowest BCUT2D eigenvalue weighted by molar-refractivity contribution is -0.351. The highest BCUT2D eigenvalue weighted by atomic mass is 32.2. The van der Waals surface area contributed by atoms with Crippen LogP contribution in [0, 0.1) is 0 Å². The van der Waals surface area contributed by atoms with Crippen molar-refractivity contribution in [3.63, 3.8) is 0 Å². The van der Waals surface area contributed by atoms with E-state index in [4.69, 9.17) is 52.1 Å². The van der Waals surface area contributed by atoms with E-state index in [1.54, 1.807) is 6.92 Å². The standard InChI is InChI=1S/C38H66O30S/c1-2-69-38-32(57)26(51)20(45)14(68-38)8-62-37-31(56)25(50)19(44)13(67-37)7-61-36-30(55)24(49)18(43)12(66-36)6-60-35-29(54)23(48)17(42)11(65-35)5-59-34-28(53)22(47)16(41)10(64-34)4-58-33-27(52)21(46)15(40)9(3-39)63-33/h9-57H,2-8H2,1H3/t9-,10-,11-,12-,13-,14-,15-,16-,17-,18-,19-,20-,21+,22?,23+,24?,25+,26?,27-,28-,29-,30-,31-,32-,33-,34?,35-,36-,37-,38?/m1/s1. The van der Waals surface area contributed by atoms with Crippen molar-refractivity contribution in [2.24, 2.45) is 0 Å². The normalized spacial score (nSPS) is 52.2. The number of hydrogen-bond donors (Lipinski definition) is 19. The van der Waals surface area contributed by atoms with Gasteiger partial charge in [-0.15, -0.1) is 11.8 Å². The van der Waals surface area contributed by atoms with Crippen molar-refractivity contribution in [2.75, 3.05) is 45.4 Å². The van der Waals surface area contributed by atoms with E-state index in [9.17, 15) is 97.0 Å². The molecule has 30 atom stereocenters. The monoisotopic (exact) mass is 1030 g/mol. The third-order valence-corrected chi connectivity index (χ3v) is 13.7. The molecular weight excluding hydrogens is 968 g/mol. The number of hydrogen-bond acceptors (Lipinski definition) is 31. The van der Waals surface area contributed by atoms with Crippen molar-refractivity contribution in [1.29, 1.82) is 0 Å². The first-order valence-electron chi connectivity index (χ1n) is 22.1. The molecule has 0 aliphatic carbocycles. The van der Waals surface area contributed by atoms with E-state index in [-0.39, 0.29) is 0 Å². The number of aliphatic hydroxyl groups excluding tert-OH is 19. The van der Waals surface area contributed by atoms with Crippen LogP contribution in [-0.2, 0) is 52.1 Å². The summed E-state index contributed by atoms with van der Waals surface area (Å²) >= 11 is 1.14. The molecule has 0 saturated carbocycles. The Morgan fingerprint density at radius 1 is 0.290 bits per heavy atom. The predicted molar refractivity (Wildman–Crippen MR) is 215 cm³/mol. The molecule has 6 aliphatic rings. The summed E-state index contributed by atoms with van der Waals surface area (Å²) in [7, 11) is 0. The van der Waals surface area contributed by atoms with Crippen molar-refractivity contribution in [2.45, 2.75) is 190 Å². The molecule has 5 unspecified atom stereocenters. The van der Waals surface area contributed by atoms with Gasteiger partial charge in [0.15, 0.2) is 31.5 Å². The highest BCUT2D eigenvalue weighted by molar-refractivity contribution is 7.99. The molecule has 6 fully saturated rings. The van der Waals surface area contributed by atoms with Gasteiger partial charge in [0.25, 0.3) is 0 Å². The lowest BCUT2D eigenvalue weighted by Gasteiger charge is -2.45. The van der Waals surface area contributed by atoms with E-state index in [1.165, 1.54) is 0 Å². The summed E-state index contributed by atoms with van der Waals surface area (Å²) in [6.07, 6.45) is -50.7. The quantitative estimate of drug-likeness (QED) is 0.0606. The van der Waals surface area contributed by atoms with Gasteiger partial charge in [-0.2, -0.15) is 0 Å². The molecule has 0 spiro atoms. The van der Waals surface area contributed by atoms with Gasteiger partial charge in [0, 0.05) is 0 Å². The zero-order chi connectivity index (χ0) is 50.8. The van der Waals surface area contributed by atoms with Gasteiger partial charge in [-0.25, -0.2) is 0 Å². The fraction of sp³-hybridized carbons (Fsp3) is 1.00. The Balaban J connectivity index is 1.01. The minimum atomic E-state index is -2.00. The SMILES string of the molecule is CCSC1O[C@H](CO[C@@H]2O[C@H](CO[C@@H]3O[C@H](CO[C@@H]4O[C@H](COC5O[C@H](CO[C@@H]6O[C@H](CO)[C@@H](O)[C@H](O)[C@H]6O)[C@@H](O)C(O)[C@H]5O)[C@@H](O)[C@H](O)[C@H]4O)[C@@H](O)C(O)[C@H]3O)[C@@H](O)[C@H](O)[C@H]2O)[C@@H](O)C(O)[C@H]1O. The number of thioether (sulfide) groups is 1. The van der Waals surface area contributed by atoms with Crippen LogP contribution in [0.4, 0.5) is 0 Å². The second-order valence-electron chi connectivity index (χ2n) is 17.4. The largest absolute Gasteiger partial charge is 0.394 e. The van der Waals surface area contributed by atoms with Crippen LogP contribution in [0.3, 0.4) is 0 Å². The van der Waals surface area contributed by atoms with Crippen LogP contribution in [0.2, 0.25) is 0 Å². The Hall–Kier alpha value is -0.850. The van der Waals surface area contributed by atoms with Crippen LogP contribution in [0.25, 0.3) is 0 Å². The Morgan fingerprint density at radius 3 is 0.754 bits per heavy atom. The van der Waals surface area contributed by atoms with Gasteiger partial charge in [0.2, 0.25) is 0 Å². The minimum Gasteiger partial charge on any atom is -0.394 e. The Bertz CT molecular complexity index is 1550. The third-order valence-electron chi connectivity index (χ3n) is 12.6. The van der Waals surface area contributed by atoms with Crippen molar-refractivity contribution < 1.29 is 149 Å². The first kappa shape index (κ1) is 57.4. The molecule has 69 heavy (non-hydrogen) atoms. The van der Waals surface area contributed by atoms with Crippen LogP contribution in [0.1, 0.15) is 6.92 Å². The molecule has 6 heterocycles. The van der Waals surface area contributed by atoms with Gasteiger partial charge in [-0.3, -0.25) is 0 Å². The van der Waals surface area contributed by atoms with Crippen LogP contribution >= 0.6 is 11.8 Å². The number of rotatable bonds is 18. The molecule has 0 aromatic rings. The molecule has 6 rings (SSSR count). The fourth-order valence-corrected chi connectivity index (χ4v) is 9.19. The van der Waals surface area contributed by atoms with E-state index in [1.807, 2.05) is 0 Å². The first-order valence-corrected chi connectivity index (χ1v) is 23.1. The van der Waals surface area contributed by atoms with Crippen LogP contribution in [0.15, 0.2) is 0 Å². The lowest BCUT2D eigenvalue weighted by atomic mass is 9.97. The van der Waals surface area contributed by atoms with Crippen LogP contribution in [0.5, 0.6) is 0 Å². The first-order chi connectivity index (χ1) is 32.6. The summed E-state index contributed by atoms with van der Waals surface area (Å²) in [5.41, 5.74) is -0.940. The molecule has 0 amide bonds. The van der Waals surface area contributed by atoms with Gasteiger partial charge >= 0.3 is 0 Å². The summed E-state index contributed by atoms with van der Waals surface area (Å²) in [5.74, 6) is 0.484. The molecule has 31 heteroatoms. The highest BCUT2D eigenvalue weighted by Crippen LogP contribution is 2.33. The topological polar surface area (TPSA) is 486 Å². The molecule has 30 nitrogen and oxygen atoms in total. The maximum Gasteiger partial charge on any atom is 0.186 e. The minimum absolute atomic E-state index is 0.484. The molecule has 404 valence electrons. The van der Waals surface area contributed by atoms with E-state index in [0.29, 0.717) is 5.75 Å². The van der Waals surface area contributed by atoms with Gasteiger partial charge in [-0.05, 0) is 5.75 Å². The Kier molecular flexibility index (Phi) is 20.9. The number of ether oxygens (including phenoxy) is 11. The van der Waals surface area contributed by atoms with Gasteiger partial charge in [0.05, 0.1) is 39.6 Å². The average molecular weight is 1030 g/mol. The summed E-state index contributed by atoms with van der Waals surface area (Å²) in [5, 5.41) is 199. The zero-order valence-electron chi connectivity index (χ0n) is 36.7. The Labute approximate surface area is 396 Å². The maximum atomic E-state index is 10.8. The summed E-state index contributed by atoms with van der Waals surface area (Å²) in [6, 6.07) is 0. The average Bonchev–Trinajstić information content (AvgIpc) is 3.33. The van der Waals surface area contributed by atoms with Gasteiger partial charge in [0.1, 0.15) is 152 Å².